The van der Waals surface area contributed by atoms with Crippen molar-refractivity contribution in [2.45, 2.75) is 33.2 Å². The number of nitrogens with one attached hydrogen (secondary N) is 1. The number of rotatable bonds is 7. The van der Waals surface area contributed by atoms with Crippen LogP contribution in [0.25, 0.3) is 0 Å². The second-order valence-corrected chi connectivity index (χ2v) is 4.79. The Balaban J connectivity index is 0.00000400. The molecule has 21 heavy (non-hydrogen) atoms. The summed E-state index contributed by atoms with van der Waals surface area (Å²) in [6.45, 7) is 6.90. The number of aliphatic imine (C=N–C) groups is 1. The summed E-state index contributed by atoms with van der Waals surface area (Å²) in [5.74, 6) is 1.85. The summed E-state index contributed by atoms with van der Waals surface area (Å²) in [4.78, 5) is 6.87. The first-order valence-electron chi connectivity index (χ1n) is 7.33. The van der Waals surface area contributed by atoms with Crippen molar-refractivity contribution in [3.05, 3.63) is 29.8 Å². The molecule has 0 heterocycles. The topological polar surface area (TPSA) is 36.9 Å². The standard InChI is InChI=1S/C16H27N3O.HI/c1-5-7-12-19(3)16(17-6-2)18-13-14-8-10-15(20-4)11-9-14;/h8-11H,5-7,12-13H2,1-4H3,(H,17,18);1H. The zero-order chi connectivity index (χ0) is 14.8. The Morgan fingerprint density at radius 3 is 2.43 bits per heavy atom. The van der Waals surface area contributed by atoms with Crippen molar-refractivity contribution in [3.8, 4) is 5.75 Å². The van der Waals surface area contributed by atoms with Gasteiger partial charge in [0.2, 0.25) is 0 Å². The Bertz CT molecular complexity index is 406. The van der Waals surface area contributed by atoms with E-state index in [4.69, 9.17) is 4.74 Å². The highest BCUT2D eigenvalue weighted by Gasteiger charge is 2.04. The van der Waals surface area contributed by atoms with Gasteiger partial charge >= 0.3 is 0 Å². The molecule has 5 heteroatoms. The third-order valence-electron chi connectivity index (χ3n) is 3.11. The third kappa shape index (κ3) is 7.55. The van der Waals surface area contributed by atoms with Gasteiger partial charge in [0.1, 0.15) is 5.75 Å². The lowest BCUT2D eigenvalue weighted by atomic mass is 10.2. The van der Waals surface area contributed by atoms with E-state index < -0.39 is 0 Å². The molecule has 0 aromatic heterocycles. The first-order valence-corrected chi connectivity index (χ1v) is 7.33. The van der Waals surface area contributed by atoms with Crippen LogP contribution in [0.5, 0.6) is 5.75 Å². The molecule has 0 aliphatic carbocycles. The zero-order valence-corrected chi connectivity index (χ0v) is 15.9. The molecule has 1 N–H and O–H groups in total. The summed E-state index contributed by atoms with van der Waals surface area (Å²) in [5, 5.41) is 3.34. The fourth-order valence-electron chi connectivity index (χ4n) is 1.87. The number of methoxy groups -OCH3 is 1. The Morgan fingerprint density at radius 2 is 1.90 bits per heavy atom. The van der Waals surface area contributed by atoms with Crippen molar-refractivity contribution in [1.29, 1.82) is 0 Å². The molecule has 0 bridgehead atoms. The molecule has 0 aliphatic rings. The summed E-state index contributed by atoms with van der Waals surface area (Å²) in [6.07, 6.45) is 2.38. The van der Waals surface area contributed by atoms with Crippen LogP contribution in [0.2, 0.25) is 0 Å². The predicted octanol–water partition coefficient (Wildman–Crippen LogP) is 3.51. The van der Waals surface area contributed by atoms with Gasteiger partial charge in [0.15, 0.2) is 5.96 Å². The quantitative estimate of drug-likeness (QED) is 0.429. The summed E-state index contributed by atoms with van der Waals surface area (Å²) >= 11 is 0. The van der Waals surface area contributed by atoms with Crippen molar-refractivity contribution in [2.24, 2.45) is 4.99 Å². The number of halogens is 1. The van der Waals surface area contributed by atoms with Gasteiger partial charge in [-0.3, -0.25) is 0 Å². The molecular weight excluding hydrogens is 377 g/mol. The van der Waals surface area contributed by atoms with Crippen LogP contribution in [0.15, 0.2) is 29.3 Å². The first-order chi connectivity index (χ1) is 9.71. The largest absolute Gasteiger partial charge is 0.497 e. The maximum atomic E-state index is 5.16. The van der Waals surface area contributed by atoms with Gasteiger partial charge in [-0.05, 0) is 31.0 Å². The molecule has 4 nitrogen and oxygen atoms in total. The molecule has 0 amide bonds. The molecule has 1 aromatic rings. The average Bonchev–Trinajstić information content (AvgIpc) is 2.49. The van der Waals surface area contributed by atoms with Gasteiger partial charge in [-0.25, -0.2) is 4.99 Å². The predicted molar refractivity (Wildman–Crippen MR) is 101 cm³/mol. The minimum absolute atomic E-state index is 0. The van der Waals surface area contributed by atoms with E-state index in [2.05, 4.69) is 48.2 Å². The molecule has 1 aromatic carbocycles. The minimum Gasteiger partial charge on any atom is -0.497 e. The smallest absolute Gasteiger partial charge is 0.193 e. The molecule has 120 valence electrons. The van der Waals surface area contributed by atoms with Crippen molar-refractivity contribution in [3.63, 3.8) is 0 Å². The van der Waals surface area contributed by atoms with E-state index in [0.29, 0.717) is 6.54 Å². The number of benzene rings is 1. The number of hydrogen-bond acceptors (Lipinski definition) is 2. The van der Waals surface area contributed by atoms with Crippen molar-refractivity contribution < 1.29 is 4.74 Å². The maximum absolute atomic E-state index is 5.16. The normalized spacial score (nSPS) is 10.8. The van der Waals surface area contributed by atoms with E-state index in [9.17, 15) is 0 Å². The minimum atomic E-state index is 0. The molecule has 0 fully saturated rings. The Labute approximate surface area is 146 Å². The molecule has 0 aliphatic heterocycles. The van der Waals surface area contributed by atoms with Crippen LogP contribution < -0.4 is 10.1 Å². The molecule has 0 saturated carbocycles. The van der Waals surface area contributed by atoms with Crippen LogP contribution in [-0.2, 0) is 6.54 Å². The van der Waals surface area contributed by atoms with Crippen molar-refractivity contribution >= 4 is 29.9 Å². The highest BCUT2D eigenvalue weighted by molar-refractivity contribution is 14.0. The van der Waals surface area contributed by atoms with E-state index in [1.807, 2.05) is 12.1 Å². The number of unbranched alkanes of at least 4 members (excludes halogenated alkanes) is 1. The third-order valence-corrected chi connectivity index (χ3v) is 3.11. The van der Waals surface area contributed by atoms with Gasteiger partial charge in [0.25, 0.3) is 0 Å². The van der Waals surface area contributed by atoms with Crippen molar-refractivity contribution in [1.82, 2.24) is 10.2 Å². The van der Waals surface area contributed by atoms with Crippen LogP contribution in [0.3, 0.4) is 0 Å². The monoisotopic (exact) mass is 405 g/mol. The fourth-order valence-corrected chi connectivity index (χ4v) is 1.87. The van der Waals surface area contributed by atoms with Crippen molar-refractivity contribution in [2.75, 3.05) is 27.2 Å². The molecular formula is C16H28IN3O. The average molecular weight is 405 g/mol. The van der Waals surface area contributed by atoms with E-state index in [-0.39, 0.29) is 24.0 Å². The fraction of sp³-hybridized carbons (Fsp3) is 0.562. The molecule has 0 saturated heterocycles. The summed E-state index contributed by atoms with van der Waals surface area (Å²) in [5.41, 5.74) is 1.19. The van der Waals surface area contributed by atoms with Crippen LogP contribution in [0, 0.1) is 0 Å². The van der Waals surface area contributed by atoms with Crippen LogP contribution in [-0.4, -0.2) is 38.1 Å². The molecule has 0 spiro atoms. The second-order valence-electron chi connectivity index (χ2n) is 4.79. The van der Waals surface area contributed by atoms with E-state index in [0.717, 1.165) is 24.8 Å². The maximum Gasteiger partial charge on any atom is 0.193 e. The van der Waals surface area contributed by atoms with Gasteiger partial charge in [-0.15, -0.1) is 24.0 Å². The lowest BCUT2D eigenvalue weighted by Gasteiger charge is -2.21. The number of ether oxygens (including phenoxy) is 1. The lowest BCUT2D eigenvalue weighted by Crippen LogP contribution is -2.39. The number of guanidine groups is 1. The van der Waals surface area contributed by atoms with Crippen LogP contribution >= 0.6 is 24.0 Å². The molecule has 1 rings (SSSR count). The van der Waals surface area contributed by atoms with Gasteiger partial charge in [0, 0.05) is 20.1 Å². The Hall–Kier alpha value is -0.980. The molecule has 0 radical (unpaired) electrons. The van der Waals surface area contributed by atoms with E-state index in [1.54, 1.807) is 7.11 Å². The van der Waals surface area contributed by atoms with E-state index >= 15 is 0 Å². The van der Waals surface area contributed by atoms with Gasteiger partial charge < -0.3 is 15.0 Å². The van der Waals surface area contributed by atoms with E-state index in [1.165, 1.54) is 18.4 Å². The Morgan fingerprint density at radius 1 is 1.24 bits per heavy atom. The number of nitrogens with zero attached hydrogens (tertiary/aromatic N) is 2. The van der Waals surface area contributed by atoms with Gasteiger partial charge in [0.05, 0.1) is 13.7 Å². The lowest BCUT2D eigenvalue weighted by molar-refractivity contribution is 0.414. The van der Waals surface area contributed by atoms with Gasteiger partial charge in [-0.2, -0.15) is 0 Å². The highest BCUT2D eigenvalue weighted by atomic mass is 127. The van der Waals surface area contributed by atoms with Gasteiger partial charge in [-0.1, -0.05) is 25.5 Å². The number of hydrogen-bond donors (Lipinski definition) is 1. The van der Waals surface area contributed by atoms with Crippen LogP contribution in [0.1, 0.15) is 32.3 Å². The first kappa shape index (κ1) is 20.0. The highest BCUT2D eigenvalue weighted by Crippen LogP contribution is 2.12. The summed E-state index contributed by atoms with van der Waals surface area (Å²) in [7, 11) is 3.77. The molecule has 0 atom stereocenters. The summed E-state index contributed by atoms with van der Waals surface area (Å²) in [6, 6.07) is 8.05. The molecule has 0 unspecified atom stereocenters. The Kier molecular flexibility index (Phi) is 11.1. The second kappa shape index (κ2) is 11.7. The van der Waals surface area contributed by atoms with Crippen LogP contribution in [0.4, 0.5) is 0 Å². The zero-order valence-electron chi connectivity index (χ0n) is 13.6. The summed E-state index contributed by atoms with van der Waals surface area (Å²) < 4.78 is 5.16. The SMILES string of the molecule is CCCCN(C)C(=NCc1ccc(OC)cc1)NCC.I.